The Kier molecular flexibility index (Phi) is 4.32. The standard InChI is InChI=1S/C27H25N3O2/c1-2-14-29-16-24(31)30-23(27(29)32)15-21-19-11-5-6-13-22(19)28-25(21)26(30)20-12-7-9-17-8-3-4-10-18(17)20/h3-13,23,26,28H,2,14-16H2,1H3/t23-,26?/m0/s1. The lowest BCUT2D eigenvalue weighted by Crippen LogP contribution is -2.63. The van der Waals surface area contributed by atoms with Crippen LogP contribution in [0.2, 0.25) is 0 Å². The first-order valence-corrected chi connectivity index (χ1v) is 11.3. The maximum atomic E-state index is 13.5. The number of nitrogens with zero attached hydrogens (tertiary/aromatic N) is 2. The summed E-state index contributed by atoms with van der Waals surface area (Å²) in [5.74, 6) is 0.0814. The van der Waals surface area contributed by atoms with Crippen molar-refractivity contribution in [2.45, 2.75) is 31.8 Å². The quantitative estimate of drug-likeness (QED) is 0.530. The molecule has 1 aromatic heterocycles. The molecule has 1 saturated heterocycles. The number of para-hydroxylation sites is 1. The molecule has 3 aromatic carbocycles. The van der Waals surface area contributed by atoms with E-state index in [1.165, 1.54) is 0 Å². The van der Waals surface area contributed by atoms with Crippen LogP contribution in [0.4, 0.5) is 0 Å². The number of hydrogen-bond acceptors (Lipinski definition) is 2. The van der Waals surface area contributed by atoms with Crippen LogP contribution in [0.25, 0.3) is 21.7 Å². The number of rotatable bonds is 3. The molecule has 4 aromatic rings. The van der Waals surface area contributed by atoms with Crippen LogP contribution in [0, 0.1) is 0 Å². The molecule has 5 heteroatoms. The third-order valence-corrected chi connectivity index (χ3v) is 6.95. The Balaban J connectivity index is 1.61. The number of benzene rings is 3. The van der Waals surface area contributed by atoms with Crippen LogP contribution in [0.15, 0.2) is 66.7 Å². The minimum atomic E-state index is -0.474. The van der Waals surface area contributed by atoms with Gasteiger partial charge in [-0.25, -0.2) is 0 Å². The average molecular weight is 424 g/mol. The molecule has 0 aliphatic carbocycles. The number of H-pyrrole nitrogens is 1. The summed E-state index contributed by atoms with van der Waals surface area (Å²) < 4.78 is 0. The highest BCUT2D eigenvalue weighted by Crippen LogP contribution is 2.44. The number of carbonyl (C=O) groups excluding carboxylic acids is 2. The van der Waals surface area contributed by atoms with E-state index in [1.54, 1.807) is 4.90 Å². The molecule has 2 aliphatic rings. The van der Waals surface area contributed by atoms with Crippen molar-refractivity contribution < 1.29 is 9.59 Å². The predicted molar refractivity (Wildman–Crippen MR) is 125 cm³/mol. The molecular formula is C27H25N3O2. The van der Waals surface area contributed by atoms with Gasteiger partial charge in [0, 0.05) is 29.6 Å². The maximum Gasteiger partial charge on any atom is 0.246 e. The maximum absolute atomic E-state index is 13.5. The van der Waals surface area contributed by atoms with Gasteiger partial charge in [-0.15, -0.1) is 0 Å². The number of hydrogen-bond donors (Lipinski definition) is 1. The molecule has 6 rings (SSSR count). The minimum absolute atomic E-state index is 0.0188. The van der Waals surface area contributed by atoms with Gasteiger partial charge >= 0.3 is 0 Å². The molecule has 0 radical (unpaired) electrons. The van der Waals surface area contributed by atoms with Gasteiger partial charge in [0.25, 0.3) is 0 Å². The van der Waals surface area contributed by atoms with Gasteiger partial charge < -0.3 is 14.8 Å². The number of aromatic nitrogens is 1. The van der Waals surface area contributed by atoms with Crippen molar-refractivity contribution in [3.05, 3.63) is 83.6 Å². The van der Waals surface area contributed by atoms with E-state index in [0.29, 0.717) is 13.0 Å². The van der Waals surface area contributed by atoms with E-state index in [9.17, 15) is 9.59 Å². The average Bonchev–Trinajstić information content (AvgIpc) is 3.19. The third-order valence-electron chi connectivity index (χ3n) is 6.95. The normalized spacial score (nSPS) is 20.7. The predicted octanol–water partition coefficient (Wildman–Crippen LogP) is 4.42. The second-order valence-corrected chi connectivity index (χ2v) is 8.81. The van der Waals surface area contributed by atoms with Crippen LogP contribution in [-0.2, 0) is 16.0 Å². The van der Waals surface area contributed by atoms with Gasteiger partial charge in [-0.3, -0.25) is 9.59 Å². The van der Waals surface area contributed by atoms with Crippen molar-refractivity contribution >= 4 is 33.5 Å². The minimum Gasteiger partial charge on any atom is -0.356 e. The van der Waals surface area contributed by atoms with E-state index in [2.05, 4.69) is 41.4 Å². The Morgan fingerprint density at radius 1 is 0.938 bits per heavy atom. The van der Waals surface area contributed by atoms with Gasteiger partial charge in [0.1, 0.15) is 6.04 Å². The molecule has 0 saturated carbocycles. The second kappa shape index (κ2) is 7.23. The van der Waals surface area contributed by atoms with Gasteiger partial charge in [0.05, 0.1) is 12.6 Å². The Bertz CT molecular complexity index is 1370. The van der Waals surface area contributed by atoms with Gasteiger partial charge in [0.15, 0.2) is 0 Å². The summed E-state index contributed by atoms with van der Waals surface area (Å²) in [4.78, 5) is 34.3. The van der Waals surface area contributed by atoms with Crippen molar-refractivity contribution in [2.75, 3.05) is 13.1 Å². The van der Waals surface area contributed by atoms with E-state index >= 15 is 0 Å². The summed E-state index contributed by atoms with van der Waals surface area (Å²) in [6, 6.07) is 21.9. The van der Waals surface area contributed by atoms with E-state index in [4.69, 9.17) is 0 Å². The molecule has 32 heavy (non-hydrogen) atoms. The molecule has 0 bridgehead atoms. The largest absolute Gasteiger partial charge is 0.356 e. The molecular weight excluding hydrogens is 398 g/mol. The van der Waals surface area contributed by atoms with E-state index in [0.717, 1.165) is 44.9 Å². The fraction of sp³-hybridized carbons (Fsp3) is 0.259. The Morgan fingerprint density at radius 3 is 2.53 bits per heavy atom. The highest BCUT2D eigenvalue weighted by atomic mass is 16.2. The van der Waals surface area contributed by atoms with E-state index in [1.807, 2.05) is 42.2 Å². The lowest BCUT2D eigenvalue weighted by molar-refractivity contribution is -0.158. The molecule has 2 aliphatic heterocycles. The lowest BCUT2D eigenvalue weighted by atomic mass is 9.84. The van der Waals surface area contributed by atoms with Crippen LogP contribution in [0.3, 0.4) is 0 Å². The summed E-state index contributed by atoms with van der Waals surface area (Å²) in [7, 11) is 0. The SMILES string of the molecule is CCCN1CC(=O)N2C(c3cccc4ccccc34)c3[nH]c4ccccc4c3C[C@H]2C1=O. The highest BCUT2D eigenvalue weighted by molar-refractivity contribution is 5.98. The highest BCUT2D eigenvalue weighted by Gasteiger charge is 2.48. The first-order chi connectivity index (χ1) is 15.7. The van der Waals surface area contributed by atoms with Crippen LogP contribution >= 0.6 is 0 Å². The van der Waals surface area contributed by atoms with Crippen LogP contribution in [0.1, 0.15) is 36.2 Å². The molecule has 1 fully saturated rings. The molecule has 3 heterocycles. The zero-order valence-electron chi connectivity index (χ0n) is 18.0. The van der Waals surface area contributed by atoms with E-state index in [-0.39, 0.29) is 24.4 Å². The van der Waals surface area contributed by atoms with Crippen LogP contribution in [0.5, 0.6) is 0 Å². The number of piperazine rings is 1. The zero-order valence-corrected chi connectivity index (χ0v) is 18.0. The zero-order chi connectivity index (χ0) is 21.8. The van der Waals surface area contributed by atoms with Crippen LogP contribution < -0.4 is 0 Å². The molecule has 2 atom stereocenters. The molecule has 1 unspecified atom stereocenters. The smallest absolute Gasteiger partial charge is 0.246 e. The topological polar surface area (TPSA) is 56.4 Å². The molecule has 1 N–H and O–H groups in total. The monoisotopic (exact) mass is 423 g/mol. The molecule has 0 spiro atoms. The Morgan fingerprint density at radius 2 is 1.69 bits per heavy atom. The van der Waals surface area contributed by atoms with Gasteiger partial charge in [-0.2, -0.15) is 0 Å². The van der Waals surface area contributed by atoms with Gasteiger partial charge in [-0.05, 0) is 34.4 Å². The van der Waals surface area contributed by atoms with Gasteiger partial charge in [0.2, 0.25) is 11.8 Å². The van der Waals surface area contributed by atoms with Crippen LogP contribution in [-0.4, -0.2) is 45.7 Å². The molecule has 160 valence electrons. The van der Waals surface area contributed by atoms with Crippen molar-refractivity contribution in [1.29, 1.82) is 0 Å². The molecule has 5 nitrogen and oxygen atoms in total. The number of aromatic amines is 1. The van der Waals surface area contributed by atoms with Crippen molar-refractivity contribution in [2.24, 2.45) is 0 Å². The fourth-order valence-electron chi connectivity index (χ4n) is 5.60. The number of fused-ring (bicyclic) bond motifs is 5. The summed E-state index contributed by atoms with van der Waals surface area (Å²) in [5, 5.41) is 3.38. The van der Waals surface area contributed by atoms with Crippen molar-refractivity contribution in [3.63, 3.8) is 0 Å². The van der Waals surface area contributed by atoms with Crippen molar-refractivity contribution in [3.8, 4) is 0 Å². The third kappa shape index (κ3) is 2.70. The summed E-state index contributed by atoms with van der Waals surface area (Å²) in [5.41, 5.74) is 4.29. The Labute approximate surface area is 186 Å². The second-order valence-electron chi connectivity index (χ2n) is 8.81. The summed E-state index contributed by atoms with van der Waals surface area (Å²) >= 11 is 0. The summed E-state index contributed by atoms with van der Waals surface area (Å²) in [6.07, 6.45) is 1.39. The fourth-order valence-corrected chi connectivity index (χ4v) is 5.60. The lowest BCUT2D eigenvalue weighted by Gasteiger charge is -2.47. The van der Waals surface area contributed by atoms with E-state index < -0.39 is 6.04 Å². The first-order valence-electron chi connectivity index (χ1n) is 11.3. The molecule has 2 amide bonds. The van der Waals surface area contributed by atoms with Crippen molar-refractivity contribution in [1.82, 2.24) is 14.8 Å². The number of amides is 2. The number of carbonyl (C=O) groups is 2. The Hall–Kier alpha value is -3.60. The van der Waals surface area contributed by atoms with Gasteiger partial charge in [-0.1, -0.05) is 67.6 Å². The summed E-state index contributed by atoms with van der Waals surface area (Å²) in [6.45, 7) is 2.82. The first kappa shape index (κ1) is 19.1. The number of nitrogens with one attached hydrogen (secondary N) is 1.